The molecule has 0 saturated heterocycles. The molecule has 2 aromatic heterocycles. The average molecular weight is 594 g/mol. The van der Waals surface area contributed by atoms with Crippen LogP contribution in [-0.2, 0) is 9.59 Å². The van der Waals surface area contributed by atoms with E-state index in [9.17, 15) is 23.9 Å². The van der Waals surface area contributed by atoms with Crippen LogP contribution in [0.2, 0.25) is 5.02 Å². The highest BCUT2D eigenvalue weighted by Gasteiger charge is 2.56. The summed E-state index contributed by atoms with van der Waals surface area (Å²) in [7, 11) is 0. The SMILES string of the molecule is CC(O)COc1cc2nccc(Oc3ncc(NC(=O)C4(C(=O)Nc5ccc(F)cc5)CC4)cc3Cl)c2cc1C(N)=O. The third kappa shape index (κ3) is 6.09. The van der Waals surface area contributed by atoms with E-state index in [0.717, 1.165) is 0 Å². The van der Waals surface area contributed by atoms with Gasteiger partial charge in [-0.15, -0.1) is 0 Å². The molecule has 1 aliphatic rings. The van der Waals surface area contributed by atoms with Gasteiger partial charge in [-0.2, -0.15) is 0 Å². The standard InChI is InChI=1S/C29H25ClFN5O6/c1-15(37)14-41-24-12-22-19(11-20(24)25(32)38)23(6-9-33-22)42-26-21(30)10-18(13-34-26)36-28(40)29(7-8-29)27(39)35-17-4-2-16(31)3-5-17/h2-6,9-13,15,37H,7-8,14H2,1H3,(H2,32,38)(H,35,39)(H,36,40). The Hall–Kier alpha value is -4.81. The number of aliphatic hydroxyl groups is 1. The van der Waals surface area contributed by atoms with Crippen LogP contribution in [-0.4, -0.2) is 45.5 Å². The third-order valence-electron chi connectivity index (χ3n) is 6.54. The number of rotatable bonds is 10. The second kappa shape index (κ2) is 11.6. The zero-order chi connectivity index (χ0) is 30.0. The van der Waals surface area contributed by atoms with E-state index < -0.39 is 35.1 Å². The Labute approximate surface area is 243 Å². The maximum absolute atomic E-state index is 13.2. The van der Waals surface area contributed by atoms with Crippen molar-refractivity contribution in [2.24, 2.45) is 11.1 Å². The number of aromatic nitrogens is 2. The molecule has 1 saturated carbocycles. The minimum atomic E-state index is -1.26. The van der Waals surface area contributed by atoms with E-state index in [4.69, 9.17) is 26.8 Å². The van der Waals surface area contributed by atoms with Crippen molar-refractivity contribution in [3.8, 4) is 17.4 Å². The lowest BCUT2D eigenvalue weighted by Gasteiger charge is -2.16. The number of carbonyl (C=O) groups is 3. The quantitative estimate of drug-likeness (QED) is 0.196. The predicted molar refractivity (Wildman–Crippen MR) is 152 cm³/mol. The van der Waals surface area contributed by atoms with Gasteiger partial charge in [0, 0.05) is 23.3 Å². The van der Waals surface area contributed by atoms with Crippen molar-refractivity contribution in [1.82, 2.24) is 9.97 Å². The summed E-state index contributed by atoms with van der Waals surface area (Å²) in [4.78, 5) is 46.4. The van der Waals surface area contributed by atoms with Crippen molar-refractivity contribution < 1.29 is 33.4 Å². The Kier molecular flexibility index (Phi) is 7.92. The molecule has 5 rings (SSSR count). The molecule has 1 unspecified atom stereocenters. The van der Waals surface area contributed by atoms with Crippen LogP contribution < -0.4 is 25.8 Å². The normalized spacial score (nSPS) is 14.1. The van der Waals surface area contributed by atoms with Gasteiger partial charge in [0.2, 0.25) is 17.7 Å². The van der Waals surface area contributed by atoms with E-state index in [0.29, 0.717) is 29.4 Å². The number of nitrogens with zero attached hydrogens (tertiary/aromatic N) is 2. The number of ether oxygens (including phenoxy) is 2. The fraction of sp³-hybridized carbons (Fsp3) is 0.207. The van der Waals surface area contributed by atoms with Gasteiger partial charge < -0.3 is 30.9 Å². The maximum Gasteiger partial charge on any atom is 0.252 e. The average Bonchev–Trinajstić information content (AvgIpc) is 3.77. The molecule has 2 aromatic carbocycles. The van der Waals surface area contributed by atoms with Gasteiger partial charge in [-0.1, -0.05) is 11.6 Å². The molecule has 11 nitrogen and oxygen atoms in total. The minimum Gasteiger partial charge on any atom is -0.490 e. The molecule has 13 heteroatoms. The molecule has 216 valence electrons. The van der Waals surface area contributed by atoms with Crippen LogP contribution in [0, 0.1) is 11.2 Å². The third-order valence-corrected chi connectivity index (χ3v) is 6.81. The Morgan fingerprint density at radius 3 is 2.36 bits per heavy atom. The number of carbonyl (C=O) groups excluding carboxylic acids is 3. The summed E-state index contributed by atoms with van der Waals surface area (Å²) in [5, 5.41) is 15.3. The van der Waals surface area contributed by atoms with E-state index >= 15 is 0 Å². The summed E-state index contributed by atoms with van der Waals surface area (Å²) in [5.74, 6) is -1.77. The molecular formula is C29H25ClFN5O6. The summed E-state index contributed by atoms with van der Waals surface area (Å²) < 4.78 is 24.6. The second-order valence-corrected chi connectivity index (χ2v) is 10.2. The zero-order valence-electron chi connectivity index (χ0n) is 22.2. The number of pyridine rings is 2. The second-order valence-electron chi connectivity index (χ2n) is 9.81. The van der Waals surface area contributed by atoms with Crippen molar-refractivity contribution >= 4 is 51.6 Å². The fourth-order valence-electron chi connectivity index (χ4n) is 4.15. The molecule has 42 heavy (non-hydrogen) atoms. The maximum atomic E-state index is 13.2. The van der Waals surface area contributed by atoms with Gasteiger partial charge in [0.05, 0.1) is 29.1 Å². The van der Waals surface area contributed by atoms with Gasteiger partial charge in [0.15, 0.2) is 0 Å². The lowest BCUT2D eigenvalue weighted by Crippen LogP contribution is -2.35. The Morgan fingerprint density at radius 2 is 1.74 bits per heavy atom. The number of hydrogen-bond donors (Lipinski definition) is 4. The van der Waals surface area contributed by atoms with Crippen LogP contribution in [0.1, 0.15) is 30.1 Å². The van der Waals surface area contributed by atoms with Crippen molar-refractivity contribution in [3.05, 3.63) is 77.3 Å². The number of hydrogen-bond acceptors (Lipinski definition) is 8. The number of anilines is 2. The van der Waals surface area contributed by atoms with Crippen LogP contribution in [0.15, 0.2) is 60.9 Å². The molecule has 0 radical (unpaired) electrons. The van der Waals surface area contributed by atoms with Gasteiger partial charge in [0.25, 0.3) is 5.91 Å². The monoisotopic (exact) mass is 593 g/mol. The Bertz CT molecular complexity index is 1690. The first-order chi connectivity index (χ1) is 20.1. The van der Waals surface area contributed by atoms with E-state index in [1.54, 1.807) is 13.0 Å². The number of nitrogens with one attached hydrogen (secondary N) is 2. The van der Waals surface area contributed by atoms with Crippen LogP contribution in [0.25, 0.3) is 10.9 Å². The number of benzene rings is 2. The van der Waals surface area contributed by atoms with Gasteiger partial charge in [-0.3, -0.25) is 19.4 Å². The highest BCUT2D eigenvalue weighted by atomic mass is 35.5. The van der Waals surface area contributed by atoms with Gasteiger partial charge >= 0.3 is 0 Å². The zero-order valence-corrected chi connectivity index (χ0v) is 22.9. The molecule has 5 N–H and O–H groups in total. The first-order valence-electron chi connectivity index (χ1n) is 12.8. The number of nitrogens with two attached hydrogens (primary N) is 1. The number of halogens is 2. The first-order valence-corrected chi connectivity index (χ1v) is 13.2. The molecule has 0 spiro atoms. The largest absolute Gasteiger partial charge is 0.490 e. The lowest BCUT2D eigenvalue weighted by atomic mass is 10.0. The van der Waals surface area contributed by atoms with Crippen LogP contribution in [0.4, 0.5) is 15.8 Å². The van der Waals surface area contributed by atoms with Crippen molar-refractivity contribution in [1.29, 1.82) is 0 Å². The summed E-state index contributed by atoms with van der Waals surface area (Å²) in [6.07, 6.45) is 2.74. The molecule has 2 heterocycles. The van der Waals surface area contributed by atoms with Crippen molar-refractivity contribution in [2.75, 3.05) is 17.2 Å². The molecular weight excluding hydrogens is 569 g/mol. The summed E-state index contributed by atoms with van der Waals surface area (Å²) in [6.45, 7) is 1.49. The molecule has 3 amide bonds. The number of fused-ring (bicyclic) bond motifs is 1. The highest BCUT2D eigenvalue weighted by molar-refractivity contribution is 6.32. The summed E-state index contributed by atoms with van der Waals surface area (Å²) in [6, 6.07) is 11.2. The number of amides is 3. The van der Waals surface area contributed by atoms with Crippen LogP contribution in [0.5, 0.6) is 17.4 Å². The highest BCUT2D eigenvalue weighted by Crippen LogP contribution is 2.47. The Balaban J connectivity index is 1.32. The van der Waals surface area contributed by atoms with E-state index in [1.807, 2.05) is 0 Å². The summed E-state index contributed by atoms with van der Waals surface area (Å²) in [5.41, 5.74) is 5.39. The van der Waals surface area contributed by atoms with Crippen molar-refractivity contribution in [2.45, 2.75) is 25.9 Å². The summed E-state index contributed by atoms with van der Waals surface area (Å²) >= 11 is 6.42. The molecule has 0 aliphatic heterocycles. The van der Waals surface area contributed by atoms with Crippen molar-refractivity contribution in [3.63, 3.8) is 0 Å². The Morgan fingerprint density at radius 1 is 1.05 bits per heavy atom. The predicted octanol–water partition coefficient (Wildman–Crippen LogP) is 4.43. The van der Waals surface area contributed by atoms with Gasteiger partial charge in [0.1, 0.15) is 34.4 Å². The number of primary amides is 1. The number of aliphatic hydroxyl groups excluding tert-OH is 1. The first kappa shape index (κ1) is 28.7. The fourth-order valence-corrected chi connectivity index (χ4v) is 4.35. The molecule has 1 atom stereocenters. The van der Waals surface area contributed by atoms with E-state index in [-0.39, 0.29) is 40.3 Å². The molecule has 1 fully saturated rings. The lowest BCUT2D eigenvalue weighted by molar-refractivity contribution is -0.131. The topological polar surface area (TPSA) is 166 Å². The van der Waals surface area contributed by atoms with Crippen LogP contribution in [0.3, 0.4) is 0 Å². The molecule has 4 aromatic rings. The van der Waals surface area contributed by atoms with E-state index in [2.05, 4.69) is 20.6 Å². The van der Waals surface area contributed by atoms with Gasteiger partial charge in [-0.05, 0) is 62.2 Å². The molecule has 0 bridgehead atoms. The minimum absolute atomic E-state index is 0.00686. The van der Waals surface area contributed by atoms with Gasteiger partial charge in [-0.25, -0.2) is 9.37 Å². The van der Waals surface area contributed by atoms with Crippen LogP contribution >= 0.6 is 11.6 Å². The smallest absolute Gasteiger partial charge is 0.252 e. The van der Waals surface area contributed by atoms with E-state index in [1.165, 1.54) is 54.9 Å². The molecule has 1 aliphatic carbocycles.